The molecule has 1 aliphatic rings. The van der Waals surface area contributed by atoms with Crippen LogP contribution in [0.25, 0.3) is 28.2 Å². The van der Waals surface area contributed by atoms with Crippen LogP contribution in [0.3, 0.4) is 0 Å². The van der Waals surface area contributed by atoms with Crippen LogP contribution in [0.4, 0.5) is 0 Å². The fraction of sp³-hybridized carbons (Fsp3) is 0.208. The lowest BCUT2D eigenvalue weighted by Crippen LogP contribution is -2.35. The fourth-order valence-electron chi connectivity index (χ4n) is 3.98. The number of ether oxygens (including phenoxy) is 1. The quantitative estimate of drug-likeness (QED) is 0.543. The predicted molar refractivity (Wildman–Crippen MR) is 115 cm³/mol. The number of nitrogens with zero attached hydrogens (tertiary/aromatic N) is 3. The molecule has 3 heterocycles. The number of rotatable bonds is 4. The van der Waals surface area contributed by atoms with E-state index in [-0.39, 0.29) is 11.5 Å². The van der Waals surface area contributed by atoms with Crippen molar-refractivity contribution in [2.75, 3.05) is 26.3 Å². The van der Waals surface area contributed by atoms with Gasteiger partial charge in [0, 0.05) is 31.4 Å². The highest BCUT2D eigenvalue weighted by Gasteiger charge is 2.19. The van der Waals surface area contributed by atoms with Crippen LogP contribution >= 0.6 is 0 Å². The van der Waals surface area contributed by atoms with Crippen molar-refractivity contribution in [2.45, 2.75) is 6.54 Å². The van der Waals surface area contributed by atoms with Crippen molar-refractivity contribution in [3.8, 4) is 34.1 Å². The molecule has 0 saturated carbocycles. The molecular weight excluding hydrogens is 378 g/mol. The molecule has 0 aliphatic carbocycles. The van der Waals surface area contributed by atoms with Crippen LogP contribution in [-0.2, 0) is 11.3 Å². The second kappa shape index (κ2) is 7.82. The Bertz CT molecular complexity index is 1200. The molecule has 5 rings (SSSR count). The van der Waals surface area contributed by atoms with Crippen LogP contribution in [0.5, 0.6) is 11.5 Å². The minimum absolute atomic E-state index is 0.179. The van der Waals surface area contributed by atoms with Crippen molar-refractivity contribution >= 4 is 5.52 Å². The normalized spacial score (nSPS) is 14.9. The highest BCUT2D eigenvalue weighted by Crippen LogP contribution is 2.37. The Morgan fingerprint density at radius 3 is 2.47 bits per heavy atom. The van der Waals surface area contributed by atoms with Gasteiger partial charge in [0.2, 0.25) is 0 Å². The smallest absolute Gasteiger partial charge is 0.149 e. The number of para-hydroxylation sites is 1. The van der Waals surface area contributed by atoms with Crippen LogP contribution in [0.1, 0.15) is 5.56 Å². The molecule has 6 heteroatoms. The molecule has 6 nitrogen and oxygen atoms in total. The standard InChI is InChI=1S/C24H23N3O3/c28-21-7-2-1-5-18(21)23-20-6-3-4-10-27(20)24(25-23)19-9-8-17(15-22(19)29)16-26-11-13-30-14-12-26/h1-10,15,28-29H,11-14,16H2. The van der Waals surface area contributed by atoms with Crippen LogP contribution < -0.4 is 0 Å². The number of aromatic nitrogens is 2. The first-order valence-corrected chi connectivity index (χ1v) is 10.1. The van der Waals surface area contributed by atoms with E-state index in [0.29, 0.717) is 22.6 Å². The van der Waals surface area contributed by atoms with Crippen LogP contribution in [0, 0.1) is 0 Å². The number of benzene rings is 2. The van der Waals surface area contributed by atoms with Gasteiger partial charge in [-0.3, -0.25) is 9.30 Å². The van der Waals surface area contributed by atoms with Gasteiger partial charge in [-0.2, -0.15) is 0 Å². The number of imidazole rings is 1. The first kappa shape index (κ1) is 18.7. The number of aromatic hydroxyl groups is 2. The highest BCUT2D eigenvalue weighted by molar-refractivity contribution is 5.84. The summed E-state index contributed by atoms with van der Waals surface area (Å²) in [6, 6.07) is 18.8. The molecule has 0 atom stereocenters. The predicted octanol–water partition coefficient (Wildman–Crippen LogP) is 3.91. The molecule has 0 bridgehead atoms. The zero-order valence-electron chi connectivity index (χ0n) is 16.5. The fourth-order valence-corrected chi connectivity index (χ4v) is 3.98. The van der Waals surface area contributed by atoms with Gasteiger partial charge < -0.3 is 14.9 Å². The molecule has 2 aromatic carbocycles. The molecule has 1 fully saturated rings. The first-order valence-electron chi connectivity index (χ1n) is 10.1. The molecule has 2 aromatic heterocycles. The molecule has 0 amide bonds. The van der Waals surface area contributed by atoms with Crippen LogP contribution in [-0.4, -0.2) is 50.8 Å². The second-order valence-corrected chi connectivity index (χ2v) is 7.50. The van der Waals surface area contributed by atoms with Gasteiger partial charge in [0.15, 0.2) is 0 Å². The molecular formula is C24H23N3O3. The molecule has 1 saturated heterocycles. The first-order chi connectivity index (χ1) is 14.7. The van der Waals surface area contributed by atoms with E-state index in [9.17, 15) is 10.2 Å². The average molecular weight is 401 g/mol. The number of phenolic OH excluding ortho intramolecular Hbond substituents is 2. The van der Waals surface area contributed by atoms with Gasteiger partial charge in [-0.15, -0.1) is 0 Å². The maximum absolute atomic E-state index is 10.8. The van der Waals surface area contributed by atoms with E-state index in [0.717, 1.165) is 43.9 Å². The summed E-state index contributed by atoms with van der Waals surface area (Å²) in [6.45, 7) is 4.08. The third kappa shape index (κ3) is 3.40. The Balaban J connectivity index is 1.56. The molecule has 0 radical (unpaired) electrons. The van der Waals surface area contributed by atoms with Crippen LogP contribution in [0.2, 0.25) is 0 Å². The number of hydrogen-bond donors (Lipinski definition) is 2. The van der Waals surface area contributed by atoms with Gasteiger partial charge in [0.25, 0.3) is 0 Å². The van der Waals surface area contributed by atoms with Gasteiger partial charge in [0.05, 0.1) is 24.3 Å². The van der Waals surface area contributed by atoms with Crippen molar-refractivity contribution in [3.05, 3.63) is 72.4 Å². The highest BCUT2D eigenvalue weighted by atomic mass is 16.5. The Hall–Kier alpha value is -3.35. The summed E-state index contributed by atoms with van der Waals surface area (Å²) in [4.78, 5) is 7.13. The number of pyridine rings is 1. The summed E-state index contributed by atoms with van der Waals surface area (Å²) in [6.07, 6.45) is 1.92. The SMILES string of the molecule is Oc1ccccc1-c1nc(-c2ccc(CN3CCOCC3)cc2O)n2ccccc12. The van der Waals surface area contributed by atoms with Crippen molar-refractivity contribution in [1.82, 2.24) is 14.3 Å². The van der Waals surface area contributed by atoms with E-state index in [2.05, 4.69) is 4.90 Å². The Morgan fingerprint density at radius 1 is 0.867 bits per heavy atom. The summed E-state index contributed by atoms with van der Waals surface area (Å²) in [5.41, 5.74) is 3.92. The molecule has 1 aliphatic heterocycles. The lowest BCUT2D eigenvalue weighted by molar-refractivity contribution is 0.0342. The minimum atomic E-state index is 0.179. The summed E-state index contributed by atoms with van der Waals surface area (Å²) >= 11 is 0. The lowest BCUT2D eigenvalue weighted by Gasteiger charge is -2.26. The summed E-state index contributed by atoms with van der Waals surface area (Å²) in [7, 11) is 0. The van der Waals surface area contributed by atoms with Crippen molar-refractivity contribution in [2.24, 2.45) is 0 Å². The van der Waals surface area contributed by atoms with Crippen molar-refractivity contribution in [3.63, 3.8) is 0 Å². The topological polar surface area (TPSA) is 70.2 Å². The maximum Gasteiger partial charge on any atom is 0.149 e. The summed E-state index contributed by atoms with van der Waals surface area (Å²) in [5.74, 6) is 1.01. The van der Waals surface area contributed by atoms with Gasteiger partial charge in [-0.05, 0) is 42.0 Å². The monoisotopic (exact) mass is 401 g/mol. The second-order valence-electron chi connectivity index (χ2n) is 7.50. The maximum atomic E-state index is 10.8. The van der Waals surface area contributed by atoms with Gasteiger partial charge >= 0.3 is 0 Å². The zero-order valence-corrected chi connectivity index (χ0v) is 16.5. The van der Waals surface area contributed by atoms with E-state index in [1.165, 1.54) is 0 Å². The summed E-state index contributed by atoms with van der Waals surface area (Å²) in [5, 5.41) is 21.2. The average Bonchev–Trinajstić information content (AvgIpc) is 3.14. The summed E-state index contributed by atoms with van der Waals surface area (Å²) < 4.78 is 7.35. The van der Waals surface area contributed by atoms with E-state index in [1.54, 1.807) is 12.1 Å². The van der Waals surface area contributed by atoms with Gasteiger partial charge in [-0.1, -0.05) is 24.3 Å². The molecule has 152 valence electrons. The number of morpholine rings is 1. The van der Waals surface area contributed by atoms with E-state index >= 15 is 0 Å². The van der Waals surface area contributed by atoms with E-state index < -0.39 is 0 Å². The molecule has 0 unspecified atom stereocenters. The lowest BCUT2D eigenvalue weighted by atomic mass is 10.1. The number of fused-ring (bicyclic) bond motifs is 1. The Kier molecular flexibility index (Phi) is 4.86. The Morgan fingerprint density at radius 2 is 1.67 bits per heavy atom. The van der Waals surface area contributed by atoms with Gasteiger partial charge in [-0.25, -0.2) is 4.98 Å². The molecule has 30 heavy (non-hydrogen) atoms. The van der Waals surface area contributed by atoms with Gasteiger partial charge in [0.1, 0.15) is 23.0 Å². The minimum Gasteiger partial charge on any atom is -0.507 e. The van der Waals surface area contributed by atoms with Crippen molar-refractivity contribution < 1.29 is 14.9 Å². The largest absolute Gasteiger partial charge is 0.507 e. The van der Waals surface area contributed by atoms with E-state index in [1.807, 2.05) is 59.1 Å². The third-order valence-corrected chi connectivity index (χ3v) is 5.52. The molecule has 4 aromatic rings. The Labute approximate surface area is 174 Å². The van der Waals surface area contributed by atoms with Crippen LogP contribution in [0.15, 0.2) is 66.9 Å². The molecule has 2 N–H and O–H groups in total. The zero-order chi connectivity index (χ0) is 20.5. The molecule has 0 spiro atoms. The number of hydrogen-bond acceptors (Lipinski definition) is 5. The third-order valence-electron chi connectivity index (χ3n) is 5.52. The number of phenols is 2. The van der Waals surface area contributed by atoms with Crippen molar-refractivity contribution in [1.29, 1.82) is 0 Å². The van der Waals surface area contributed by atoms with E-state index in [4.69, 9.17) is 9.72 Å².